The number of thiazole rings is 1. The molecule has 0 unspecified atom stereocenters. The summed E-state index contributed by atoms with van der Waals surface area (Å²) >= 11 is 2.58. The number of fused-ring (bicyclic) bond motifs is 1. The van der Waals surface area contributed by atoms with Crippen molar-refractivity contribution in [3.05, 3.63) is 72.1 Å². The fourth-order valence-electron chi connectivity index (χ4n) is 4.13. The molecule has 0 saturated heterocycles. The SMILES string of the molecule is COc1cc(OC)cc(C(=O)NCc2nnc(SCC(=O)Nc3nc4ccccc4s3)n2-c2cc(OC)ccc2OC)c1. The number of nitrogens with zero attached hydrogens (tertiary/aromatic N) is 4. The Kier molecular flexibility index (Phi) is 9.27. The van der Waals surface area contributed by atoms with E-state index in [4.69, 9.17) is 18.9 Å². The first-order valence-corrected chi connectivity index (χ1v) is 14.7. The van der Waals surface area contributed by atoms with Gasteiger partial charge in [0.05, 0.1) is 56.6 Å². The monoisotopic (exact) mass is 620 g/mol. The minimum absolute atomic E-state index is 0.0180. The molecule has 14 heteroatoms. The van der Waals surface area contributed by atoms with Crippen molar-refractivity contribution in [1.82, 2.24) is 25.1 Å². The third-order valence-corrected chi connectivity index (χ3v) is 8.10. The quantitative estimate of drug-likeness (QED) is 0.191. The summed E-state index contributed by atoms with van der Waals surface area (Å²) in [5.74, 6) is 1.89. The van der Waals surface area contributed by atoms with Crippen LogP contribution in [0.5, 0.6) is 23.0 Å². The molecule has 43 heavy (non-hydrogen) atoms. The van der Waals surface area contributed by atoms with Crippen LogP contribution in [0.25, 0.3) is 15.9 Å². The molecule has 5 rings (SSSR count). The molecule has 0 bridgehead atoms. The maximum absolute atomic E-state index is 13.1. The van der Waals surface area contributed by atoms with Crippen LogP contribution < -0.4 is 29.6 Å². The molecule has 3 aromatic carbocycles. The summed E-state index contributed by atoms with van der Waals surface area (Å²) < 4.78 is 24.3. The second-order valence-electron chi connectivity index (χ2n) is 8.88. The number of carbonyl (C=O) groups is 2. The van der Waals surface area contributed by atoms with E-state index in [1.807, 2.05) is 24.3 Å². The molecule has 0 saturated carbocycles. The lowest BCUT2D eigenvalue weighted by Crippen LogP contribution is -2.25. The highest BCUT2D eigenvalue weighted by atomic mass is 32.2. The lowest BCUT2D eigenvalue weighted by molar-refractivity contribution is -0.113. The molecule has 0 aliphatic carbocycles. The summed E-state index contributed by atoms with van der Waals surface area (Å²) in [4.78, 5) is 30.4. The van der Waals surface area contributed by atoms with Gasteiger partial charge in [-0.05, 0) is 36.4 Å². The van der Waals surface area contributed by atoms with Gasteiger partial charge in [-0.25, -0.2) is 4.98 Å². The molecule has 2 N–H and O–H groups in total. The molecule has 12 nitrogen and oxygen atoms in total. The number of benzene rings is 3. The number of rotatable bonds is 12. The number of ether oxygens (including phenoxy) is 4. The Morgan fingerprint density at radius 1 is 0.884 bits per heavy atom. The lowest BCUT2D eigenvalue weighted by atomic mass is 10.2. The minimum atomic E-state index is -0.367. The highest BCUT2D eigenvalue weighted by molar-refractivity contribution is 7.99. The Bertz CT molecular complexity index is 1720. The molecular weight excluding hydrogens is 592 g/mol. The minimum Gasteiger partial charge on any atom is -0.497 e. The van der Waals surface area contributed by atoms with E-state index < -0.39 is 0 Å². The number of carbonyl (C=O) groups excluding carboxylic acids is 2. The van der Waals surface area contributed by atoms with E-state index in [1.165, 1.54) is 37.3 Å². The topological polar surface area (TPSA) is 139 Å². The number of nitrogens with one attached hydrogen (secondary N) is 2. The largest absolute Gasteiger partial charge is 0.497 e. The molecule has 0 atom stereocenters. The molecule has 0 spiro atoms. The van der Waals surface area contributed by atoms with Gasteiger partial charge < -0.3 is 29.6 Å². The van der Waals surface area contributed by atoms with Crippen molar-refractivity contribution in [3.8, 4) is 28.7 Å². The van der Waals surface area contributed by atoms with Gasteiger partial charge in [0.25, 0.3) is 5.91 Å². The lowest BCUT2D eigenvalue weighted by Gasteiger charge is -2.15. The summed E-state index contributed by atoms with van der Waals surface area (Å²) in [6.07, 6.45) is 0. The van der Waals surface area contributed by atoms with E-state index in [0.29, 0.717) is 50.4 Å². The first-order valence-electron chi connectivity index (χ1n) is 12.9. The number of anilines is 1. The van der Waals surface area contributed by atoms with Crippen LogP contribution in [0.3, 0.4) is 0 Å². The second-order valence-corrected chi connectivity index (χ2v) is 10.9. The van der Waals surface area contributed by atoms with Crippen molar-refractivity contribution in [1.29, 1.82) is 0 Å². The van der Waals surface area contributed by atoms with Gasteiger partial charge in [-0.1, -0.05) is 35.2 Å². The van der Waals surface area contributed by atoms with Crippen molar-refractivity contribution in [2.24, 2.45) is 0 Å². The van der Waals surface area contributed by atoms with E-state index in [2.05, 4.69) is 25.8 Å². The summed E-state index contributed by atoms with van der Waals surface area (Å²) in [5, 5.41) is 15.3. The van der Waals surface area contributed by atoms with Crippen LogP contribution in [-0.2, 0) is 11.3 Å². The molecule has 222 valence electrons. The van der Waals surface area contributed by atoms with Gasteiger partial charge in [-0.15, -0.1) is 10.2 Å². The van der Waals surface area contributed by atoms with E-state index >= 15 is 0 Å². The van der Waals surface area contributed by atoms with Crippen molar-refractivity contribution in [2.45, 2.75) is 11.7 Å². The predicted octanol–water partition coefficient (Wildman–Crippen LogP) is 4.57. The normalized spacial score (nSPS) is 10.8. The average molecular weight is 621 g/mol. The smallest absolute Gasteiger partial charge is 0.251 e. The molecule has 0 radical (unpaired) electrons. The van der Waals surface area contributed by atoms with Gasteiger partial charge in [-0.2, -0.15) is 0 Å². The maximum Gasteiger partial charge on any atom is 0.251 e. The Hall–Kier alpha value is -4.82. The van der Waals surface area contributed by atoms with Gasteiger partial charge in [0.15, 0.2) is 16.1 Å². The molecule has 0 aliphatic rings. The van der Waals surface area contributed by atoms with Crippen molar-refractivity contribution >= 4 is 50.3 Å². The third kappa shape index (κ3) is 6.81. The van der Waals surface area contributed by atoms with Crippen LogP contribution in [0.15, 0.2) is 65.8 Å². The first kappa shape index (κ1) is 29.7. The van der Waals surface area contributed by atoms with Crippen LogP contribution in [0.1, 0.15) is 16.2 Å². The van der Waals surface area contributed by atoms with Crippen molar-refractivity contribution < 1.29 is 28.5 Å². The highest BCUT2D eigenvalue weighted by Crippen LogP contribution is 2.32. The Morgan fingerprint density at radius 2 is 1.63 bits per heavy atom. The standard InChI is InChI=1S/C29H28N6O6S2/c1-38-18-9-10-23(41-4)22(14-18)35-25(15-30-27(37)17-11-19(39-2)13-20(12-17)40-3)33-34-29(35)42-16-26(36)32-28-31-21-7-5-6-8-24(21)43-28/h5-14H,15-16H2,1-4H3,(H,30,37)(H,31,32,36). The molecule has 0 aliphatic heterocycles. The van der Waals surface area contributed by atoms with E-state index in [9.17, 15) is 9.59 Å². The fraction of sp³-hybridized carbons (Fsp3) is 0.207. The number of aromatic nitrogens is 4. The predicted molar refractivity (Wildman–Crippen MR) is 164 cm³/mol. The zero-order chi connectivity index (χ0) is 30.3. The van der Waals surface area contributed by atoms with E-state index in [0.717, 1.165) is 10.2 Å². The Balaban J connectivity index is 1.39. The van der Waals surface area contributed by atoms with Crippen molar-refractivity contribution in [2.75, 3.05) is 39.5 Å². The fourth-order valence-corrected chi connectivity index (χ4v) is 5.78. The summed E-state index contributed by atoms with van der Waals surface area (Å²) in [7, 11) is 6.13. The Labute approximate surface area is 255 Å². The van der Waals surface area contributed by atoms with Crippen LogP contribution >= 0.6 is 23.1 Å². The van der Waals surface area contributed by atoms with E-state index in [1.54, 1.807) is 55.2 Å². The molecule has 2 heterocycles. The van der Waals surface area contributed by atoms with Gasteiger partial charge in [0.2, 0.25) is 5.91 Å². The first-order chi connectivity index (χ1) is 20.9. The maximum atomic E-state index is 13.1. The van der Waals surface area contributed by atoms with Gasteiger partial charge in [-0.3, -0.25) is 14.2 Å². The van der Waals surface area contributed by atoms with Crippen molar-refractivity contribution in [3.63, 3.8) is 0 Å². The second kappa shape index (κ2) is 13.4. The summed E-state index contributed by atoms with van der Waals surface area (Å²) in [6.45, 7) is 0.0180. The highest BCUT2D eigenvalue weighted by Gasteiger charge is 2.21. The number of hydrogen-bond acceptors (Lipinski definition) is 11. The Morgan fingerprint density at radius 3 is 2.33 bits per heavy atom. The van der Waals surface area contributed by atoms with Gasteiger partial charge in [0.1, 0.15) is 23.0 Å². The number of amides is 2. The van der Waals surface area contributed by atoms with Gasteiger partial charge in [0, 0.05) is 17.7 Å². The number of methoxy groups -OCH3 is 4. The van der Waals surface area contributed by atoms with Crippen LogP contribution in [0.4, 0.5) is 5.13 Å². The average Bonchev–Trinajstić information content (AvgIpc) is 3.64. The summed E-state index contributed by atoms with van der Waals surface area (Å²) in [6, 6.07) is 17.9. The molecule has 2 amide bonds. The molecular formula is C29H28N6O6S2. The van der Waals surface area contributed by atoms with Crippen LogP contribution in [0, 0.1) is 0 Å². The van der Waals surface area contributed by atoms with Gasteiger partial charge >= 0.3 is 0 Å². The third-order valence-electron chi connectivity index (χ3n) is 6.22. The zero-order valence-electron chi connectivity index (χ0n) is 23.7. The molecule has 2 aromatic heterocycles. The number of para-hydroxylation sites is 1. The van der Waals surface area contributed by atoms with Crippen LogP contribution in [-0.4, -0.2) is 65.8 Å². The number of hydrogen-bond donors (Lipinski definition) is 2. The van der Waals surface area contributed by atoms with Crippen LogP contribution in [0.2, 0.25) is 0 Å². The number of thioether (sulfide) groups is 1. The molecule has 5 aromatic rings. The summed E-state index contributed by atoms with van der Waals surface area (Å²) in [5.41, 5.74) is 1.75. The zero-order valence-corrected chi connectivity index (χ0v) is 25.4. The van der Waals surface area contributed by atoms with E-state index in [-0.39, 0.29) is 24.1 Å². The molecule has 0 fully saturated rings.